The quantitative estimate of drug-likeness (QED) is 0.761. The number of hydrogen-bond acceptors (Lipinski definition) is 3. The van der Waals surface area contributed by atoms with Gasteiger partial charge < -0.3 is 9.64 Å². The zero-order chi connectivity index (χ0) is 16.3. The summed E-state index contributed by atoms with van der Waals surface area (Å²) in [5.74, 6) is 0. The summed E-state index contributed by atoms with van der Waals surface area (Å²) in [5.41, 5.74) is 0.728. The summed E-state index contributed by atoms with van der Waals surface area (Å²) in [6, 6.07) is 5.93. The summed E-state index contributed by atoms with van der Waals surface area (Å²) in [6.45, 7) is 9.55. The number of piperazine rings is 1. The summed E-state index contributed by atoms with van der Waals surface area (Å²) >= 11 is 9.54. The van der Waals surface area contributed by atoms with Crippen LogP contribution in [0.5, 0.6) is 0 Å². The van der Waals surface area contributed by atoms with Gasteiger partial charge in [0.15, 0.2) is 0 Å². The van der Waals surface area contributed by atoms with Crippen LogP contribution in [-0.4, -0.2) is 47.7 Å². The number of amides is 1. The molecular weight excluding hydrogens is 368 g/mol. The molecule has 122 valence electrons. The van der Waals surface area contributed by atoms with Gasteiger partial charge in [-0.15, -0.1) is 0 Å². The summed E-state index contributed by atoms with van der Waals surface area (Å²) < 4.78 is 6.40. The van der Waals surface area contributed by atoms with E-state index in [1.54, 1.807) is 4.90 Å². The molecule has 1 saturated heterocycles. The zero-order valence-corrected chi connectivity index (χ0v) is 15.6. The van der Waals surface area contributed by atoms with Gasteiger partial charge in [-0.1, -0.05) is 27.5 Å². The summed E-state index contributed by atoms with van der Waals surface area (Å²) in [4.78, 5) is 16.1. The molecule has 0 spiro atoms. The second-order valence-corrected chi connectivity index (χ2v) is 7.87. The summed E-state index contributed by atoms with van der Waals surface area (Å²) in [5, 5.41) is 0.733. The molecule has 0 aromatic heterocycles. The number of halogens is 2. The van der Waals surface area contributed by atoms with Crippen LogP contribution in [0.15, 0.2) is 22.7 Å². The first-order valence-electron chi connectivity index (χ1n) is 7.38. The van der Waals surface area contributed by atoms with Crippen molar-refractivity contribution in [2.75, 3.05) is 26.2 Å². The fraction of sp³-hybridized carbons (Fsp3) is 0.562. The van der Waals surface area contributed by atoms with Gasteiger partial charge in [0, 0.05) is 42.2 Å². The van der Waals surface area contributed by atoms with E-state index in [0.29, 0.717) is 13.1 Å². The van der Waals surface area contributed by atoms with Crippen molar-refractivity contribution in [1.29, 1.82) is 0 Å². The van der Waals surface area contributed by atoms with Gasteiger partial charge in [-0.25, -0.2) is 4.79 Å². The predicted octanol–water partition coefficient (Wildman–Crippen LogP) is 4.16. The van der Waals surface area contributed by atoms with Crippen LogP contribution in [0.4, 0.5) is 4.79 Å². The largest absolute Gasteiger partial charge is 0.444 e. The Morgan fingerprint density at radius 3 is 2.41 bits per heavy atom. The van der Waals surface area contributed by atoms with Gasteiger partial charge in [-0.3, -0.25) is 4.90 Å². The molecule has 1 heterocycles. The van der Waals surface area contributed by atoms with Crippen molar-refractivity contribution in [3.63, 3.8) is 0 Å². The highest BCUT2D eigenvalue weighted by Gasteiger charge is 2.25. The van der Waals surface area contributed by atoms with Crippen LogP contribution in [0.3, 0.4) is 0 Å². The molecule has 4 nitrogen and oxygen atoms in total. The van der Waals surface area contributed by atoms with Crippen molar-refractivity contribution in [1.82, 2.24) is 9.80 Å². The van der Waals surface area contributed by atoms with Gasteiger partial charge in [-0.05, 0) is 44.5 Å². The van der Waals surface area contributed by atoms with E-state index >= 15 is 0 Å². The lowest BCUT2D eigenvalue weighted by molar-refractivity contribution is 0.0139. The number of ether oxygens (including phenoxy) is 1. The first-order chi connectivity index (χ1) is 10.2. The molecule has 0 saturated carbocycles. The molecular formula is C16H22BrClN2O2. The molecule has 0 atom stereocenters. The van der Waals surface area contributed by atoms with Crippen LogP contribution < -0.4 is 0 Å². The van der Waals surface area contributed by atoms with Gasteiger partial charge in [0.25, 0.3) is 0 Å². The molecule has 1 amide bonds. The van der Waals surface area contributed by atoms with Crippen molar-refractivity contribution in [2.24, 2.45) is 0 Å². The average molecular weight is 390 g/mol. The number of carbonyl (C=O) groups is 1. The van der Waals surface area contributed by atoms with Gasteiger partial charge in [0.05, 0.1) is 0 Å². The Kier molecular flexibility index (Phi) is 5.75. The van der Waals surface area contributed by atoms with E-state index in [4.69, 9.17) is 16.3 Å². The topological polar surface area (TPSA) is 32.8 Å². The monoisotopic (exact) mass is 388 g/mol. The van der Waals surface area contributed by atoms with E-state index in [1.165, 1.54) is 5.56 Å². The molecule has 0 unspecified atom stereocenters. The van der Waals surface area contributed by atoms with Crippen molar-refractivity contribution in [3.8, 4) is 0 Å². The second-order valence-electron chi connectivity index (χ2n) is 6.52. The maximum Gasteiger partial charge on any atom is 0.410 e. The molecule has 1 aliphatic heterocycles. The van der Waals surface area contributed by atoms with E-state index in [2.05, 4.69) is 26.9 Å². The molecule has 6 heteroatoms. The third-order valence-electron chi connectivity index (χ3n) is 3.35. The Hall–Kier alpha value is -0.780. The maximum absolute atomic E-state index is 12.0. The van der Waals surface area contributed by atoms with Gasteiger partial charge in [0.1, 0.15) is 5.60 Å². The molecule has 1 aliphatic rings. The number of rotatable bonds is 2. The molecule has 1 aromatic rings. The Balaban J connectivity index is 1.86. The van der Waals surface area contributed by atoms with Crippen LogP contribution in [0.2, 0.25) is 5.02 Å². The normalized spacial score (nSPS) is 16.7. The van der Waals surface area contributed by atoms with Crippen LogP contribution in [0, 0.1) is 0 Å². The number of carbonyl (C=O) groups excluding carboxylic acids is 1. The SMILES string of the molecule is CC(C)(C)OC(=O)N1CCN(Cc2cc(Cl)cc(Br)c2)CC1. The highest BCUT2D eigenvalue weighted by atomic mass is 79.9. The molecule has 0 radical (unpaired) electrons. The predicted molar refractivity (Wildman–Crippen MR) is 92.2 cm³/mol. The lowest BCUT2D eigenvalue weighted by Gasteiger charge is -2.35. The molecule has 22 heavy (non-hydrogen) atoms. The standard InChI is InChI=1S/C16H22BrClN2O2/c1-16(2,3)22-15(21)20-6-4-19(5-7-20)11-12-8-13(17)10-14(18)9-12/h8-10H,4-7,11H2,1-3H3. The van der Waals surface area contributed by atoms with Crippen molar-refractivity contribution >= 4 is 33.6 Å². The Morgan fingerprint density at radius 2 is 1.86 bits per heavy atom. The molecule has 0 N–H and O–H groups in total. The van der Waals surface area contributed by atoms with Gasteiger partial charge in [-0.2, -0.15) is 0 Å². The van der Waals surface area contributed by atoms with Crippen molar-refractivity contribution in [3.05, 3.63) is 33.3 Å². The third-order valence-corrected chi connectivity index (χ3v) is 4.03. The lowest BCUT2D eigenvalue weighted by Crippen LogP contribution is -2.49. The van der Waals surface area contributed by atoms with E-state index in [0.717, 1.165) is 29.1 Å². The Bertz CT molecular complexity index is 517. The van der Waals surface area contributed by atoms with Crippen LogP contribution in [-0.2, 0) is 11.3 Å². The van der Waals surface area contributed by atoms with Crippen molar-refractivity contribution < 1.29 is 9.53 Å². The minimum atomic E-state index is -0.443. The highest BCUT2D eigenvalue weighted by Crippen LogP contribution is 2.21. The third kappa shape index (κ3) is 5.45. The molecule has 2 rings (SSSR count). The average Bonchev–Trinajstić information content (AvgIpc) is 2.36. The summed E-state index contributed by atoms with van der Waals surface area (Å²) in [6.07, 6.45) is -0.224. The van der Waals surface area contributed by atoms with Crippen molar-refractivity contribution in [2.45, 2.75) is 32.9 Å². The second kappa shape index (κ2) is 7.20. The Labute approximate surface area is 145 Å². The molecule has 0 aliphatic carbocycles. The Morgan fingerprint density at radius 1 is 1.23 bits per heavy atom. The molecule has 0 bridgehead atoms. The summed E-state index contributed by atoms with van der Waals surface area (Å²) in [7, 11) is 0. The first-order valence-corrected chi connectivity index (χ1v) is 8.55. The van der Waals surface area contributed by atoms with E-state index in [9.17, 15) is 4.79 Å². The zero-order valence-electron chi connectivity index (χ0n) is 13.2. The van der Waals surface area contributed by atoms with Gasteiger partial charge >= 0.3 is 6.09 Å². The first kappa shape index (κ1) is 17.6. The minimum Gasteiger partial charge on any atom is -0.444 e. The maximum atomic E-state index is 12.0. The van der Waals surface area contributed by atoms with Crippen LogP contribution in [0.25, 0.3) is 0 Å². The molecule has 1 aromatic carbocycles. The number of nitrogens with zero attached hydrogens (tertiary/aromatic N) is 2. The van der Waals surface area contributed by atoms with E-state index < -0.39 is 5.60 Å². The van der Waals surface area contributed by atoms with Gasteiger partial charge in [0.2, 0.25) is 0 Å². The van der Waals surface area contributed by atoms with E-state index in [1.807, 2.05) is 32.9 Å². The lowest BCUT2D eigenvalue weighted by atomic mass is 10.2. The van der Waals surface area contributed by atoms with E-state index in [-0.39, 0.29) is 6.09 Å². The number of benzene rings is 1. The fourth-order valence-electron chi connectivity index (χ4n) is 2.38. The number of hydrogen-bond donors (Lipinski definition) is 0. The highest BCUT2D eigenvalue weighted by molar-refractivity contribution is 9.10. The minimum absolute atomic E-state index is 0.224. The molecule has 1 fully saturated rings. The smallest absolute Gasteiger partial charge is 0.410 e. The van der Waals surface area contributed by atoms with Crippen LogP contribution in [0.1, 0.15) is 26.3 Å². The fourth-order valence-corrected chi connectivity index (χ4v) is 3.31. The van der Waals surface area contributed by atoms with Crippen LogP contribution >= 0.6 is 27.5 Å².